The van der Waals surface area contributed by atoms with Crippen molar-refractivity contribution in [3.05, 3.63) is 0 Å². The molecular weight excluding hydrogens is 236 g/mol. The Kier molecular flexibility index (Phi) is 11.0. The monoisotopic (exact) mass is 258 g/mol. The highest BCUT2D eigenvalue weighted by Gasteiger charge is 2.13. The predicted octanol–water partition coefficient (Wildman–Crippen LogP) is 0.983. The van der Waals surface area contributed by atoms with E-state index in [1.807, 2.05) is 20.8 Å². The van der Waals surface area contributed by atoms with Gasteiger partial charge in [-0.05, 0) is 12.5 Å². The summed E-state index contributed by atoms with van der Waals surface area (Å²) in [6, 6.07) is 0. The maximum atomic E-state index is 11.4. The van der Waals surface area contributed by atoms with E-state index in [2.05, 4.69) is 10.0 Å². The van der Waals surface area contributed by atoms with E-state index in [4.69, 9.17) is 0 Å². The molecule has 0 saturated heterocycles. The molecule has 6 heteroatoms. The Labute approximate surface area is 99.7 Å². The number of rotatable bonds is 8. The van der Waals surface area contributed by atoms with Gasteiger partial charge in [0, 0.05) is 13.1 Å². The van der Waals surface area contributed by atoms with Gasteiger partial charge in [-0.1, -0.05) is 27.2 Å². The molecule has 2 N–H and O–H groups in total. The zero-order valence-electron chi connectivity index (χ0n) is 9.75. The lowest BCUT2D eigenvalue weighted by molar-refractivity contribution is 0.550. The van der Waals surface area contributed by atoms with Gasteiger partial charge in [-0.3, -0.25) is 0 Å². The summed E-state index contributed by atoms with van der Waals surface area (Å²) in [5, 5.41) is 3.06. The standard InChI is InChI=1S/C9H22N2O2S.ClH/c1-4-9(3)8-14(12,13)11-7-6-10-5-2;/h9-11H,4-8H2,1-3H3;1H. The lowest BCUT2D eigenvalue weighted by Crippen LogP contribution is -2.34. The van der Waals surface area contributed by atoms with Crippen LogP contribution >= 0.6 is 12.4 Å². The van der Waals surface area contributed by atoms with Gasteiger partial charge in [0.1, 0.15) is 0 Å². The van der Waals surface area contributed by atoms with Crippen LogP contribution in [0, 0.1) is 5.92 Å². The van der Waals surface area contributed by atoms with Crippen molar-refractivity contribution in [1.82, 2.24) is 10.0 Å². The first kappa shape index (κ1) is 17.6. The van der Waals surface area contributed by atoms with E-state index in [-0.39, 0.29) is 24.1 Å². The van der Waals surface area contributed by atoms with Crippen molar-refractivity contribution < 1.29 is 8.42 Å². The summed E-state index contributed by atoms with van der Waals surface area (Å²) in [4.78, 5) is 0. The van der Waals surface area contributed by atoms with E-state index in [9.17, 15) is 8.42 Å². The van der Waals surface area contributed by atoms with Crippen LogP contribution in [-0.4, -0.2) is 33.8 Å². The minimum absolute atomic E-state index is 0. The molecule has 0 spiro atoms. The van der Waals surface area contributed by atoms with Crippen LogP contribution < -0.4 is 10.0 Å². The molecule has 0 fully saturated rings. The number of halogens is 1. The van der Waals surface area contributed by atoms with E-state index in [0.29, 0.717) is 13.1 Å². The number of sulfonamides is 1. The molecule has 0 aromatic carbocycles. The fourth-order valence-corrected chi connectivity index (χ4v) is 2.54. The number of nitrogens with one attached hydrogen (secondary N) is 2. The molecule has 0 heterocycles. The molecule has 0 aliphatic carbocycles. The fourth-order valence-electron chi connectivity index (χ4n) is 1.02. The fraction of sp³-hybridized carbons (Fsp3) is 1.00. The molecule has 0 aromatic heterocycles. The van der Waals surface area contributed by atoms with Crippen LogP contribution in [0.25, 0.3) is 0 Å². The van der Waals surface area contributed by atoms with Gasteiger partial charge >= 0.3 is 0 Å². The van der Waals surface area contributed by atoms with E-state index in [1.54, 1.807) is 0 Å². The van der Waals surface area contributed by atoms with Gasteiger partial charge in [0.2, 0.25) is 10.0 Å². The van der Waals surface area contributed by atoms with Crippen molar-refractivity contribution in [2.75, 3.05) is 25.4 Å². The molecule has 0 amide bonds. The van der Waals surface area contributed by atoms with Gasteiger partial charge in [-0.2, -0.15) is 0 Å². The van der Waals surface area contributed by atoms with Crippen LogP contribution in [0.2, 0.25) is 0 Å². The summed E-state index contributed by atoms with van der Waals surface area (Å²) < 4.78 is 25.4. The second-order valence-corrected chi connectivity index (χ2v) is 5.39. The van der Waals surface area contributed by atoms with Gasteiger partial charge < -0.3 is 5.32 Å². The molecule has 94 valence electrons. The number of likely N-dealkylation sites (N-methyl/N-ethyl adjacent to an activating group) is 1. The van der Waals surface area contributed by atoms with Crippen LogP contribution in [0.5, 0.6) is 0 Å². The molecule has 0 bridgehead atoms. The Balaban J connectivity index is 0. The van der Waals surface area contributed by atoms with Crippen LogP contribution in [0.1, 0.15) is 27.2 Å². The molecule has 0 aromatic rings. The van der Waals surface area contributed by atoms with Gasteiger partial charge in [-0.25, -0.2) is 13.1 Å². The molecule has 15 heavy (non-hydrogen) atoms. The number of hydrogen-bond donors (Lipinski definition) is 2. The SMILES string of the molecule is CCNCCNS(=O)(=O)CC(C)CC.Cl. The van der Waals surface area contributed by atoms with Crippen molar-refractivity contribution in [2.24, 2.45) is 5.92 Å². The first-order chi connectivity index (χ1) is 6.52. The topological polar surface area (TPSA) is 58.2 Å². The zero-order chi connectivity index (χ0) is 11.0. The summed E-state index contributed by atoms with van der Waals surface area (Å²) in [5.41, 5.74) is 0. The van der Waals surface area contributed by atoms with Gasteiger partial charge in [0.05, 0.1) is 5.75 Å². The number of hydrogen-bond acceptors (Lipinski definition) is 3. The average Bonchev–Trinajstić information content (AvgIpc) is 2.12. The average molecular weight is 259 g/mol. The molecule has 0 radical (unpaired) electrons. The molecule has 1 unspecified atom stereocenters. The third-order valence-corrected chi connectivity index (χ3v) is 3.73. The zero-order valence-corrected chi connectivity index (χ0v) is 11.4. The molecule has 0 aliphatic rings. The highest BCUT2D eigenvalue weighted by Crippen LogP contribution is 2.03. The maximum absolute atomic E-state index is 11.4. The lowest BCUT2D eigenvalue weighted by atomic mass is 10.2. The van der Waals surface area contributed by atoms with Crippen molar-refractivity contribution in [1.29, 1.82) is 0 Å². The third kappa shape index (κ3) is 10.4. The second kappa shape index (κ2) is 9.39. The summed E-state index contributed by atoms with van der Waals surface area (Å²) in [6.45, 7) is 7.98. The van der Waals surface area contributed by atoms with Gasteiger partial charge in [0.15, 0.2) is 0 Å². The highest BCUT2D eigenvalue weighted by molar-refractivity contribution is 7.89. The minimum atomic E-state index is -3.06. The quantitative estimate of drug-likeness (QED) is 0.639. The molecular formula is C9H23ClN2O2S. The Morgan fingerprint density at radius 1 is 1.20 bits per heavy atom. The van der Waals surface area contributed by atoms with Gasteiger partial charge in [0.25, 0.3) is 0 Å². The smallest absolute Gasteiger partial charge is 0.211 e. The third-order valence-electron chi connectivity index (χ3n) is 2.07. The summed E-state index contributed by atoms with van der Waals surface area (Å²) in [7, 11) is -3.06. The molecule has 0 saturated carbocycles. The lowest BCUT2D eigenvalue weighted by Gasteiger charge is -2.10. The second-order valence-electron chi connectivity index (χ2n) is 3.54. The van der Waals surface area contributed by atoms with Crippen LogP contribution in [-0.2, 0) is 10.0 Å². The molecule has 4 nitrogen and oxygen atoms in total. The largest absolute Gasteiger partial charge is 0.316 e. The van der Waals surface area contributed by atoms with Crippen LogP contribution in [0.15, 0.2) is 0 Å². The molecule has 1 atom stereocenters. The Bertz CT molecular complexity index is 232. The minimum Gasteiger partial charge on any atom is -0.316 e. The van der Waals surface area contributed by atoms with Crippen LogP contribution in [0.3, 0.4) is 0 Å². The van der Waals surface area contributed by atoms with Gasteiger partial charge in [-0.15, -0.1) is 12.4 Å². The first-order valence-corrected chi connectivity index (χ1v) is 6.85. The van der Waals surface area contributed by atoms with E-state index in [1.165, 1.54) is 0 Å². The van der Waals surface area contributed by atoms with Crippen molar-refractivity contribution in [3.8, 4) is 0 Å². The Morgan fingerprint density at radius 3 is 2.27 bits per heavy atom. The van der Waals surface area contributed by atoms with Crippen molar-refractivity contribution in [3.63, 3.8) is 0 Å². The van der Waals surface area contributed by atoms with Crippen LogP contribution in [0.4, 0.5) is 0 Å². The van der Waals surface area contributed by atoms with E-state index in [0.717, 1.165) is 13.0 Å². The highest BCUT2D eigenvalue weighted by atomic mass is 35.5. The predicted molar refractivity (Wildman–Crippen MR) is 67.0 cm³/mol. The molecule has 0 aliphatic heterocycles. The van der Waals surface area contributed by atoms with Crippen molar-refractivity contribution >= 4 is 22.4 Å². The van der Waals surface area contributed by atoms with E-state index < -0.39 is 10.0 Å². The first-order valence-electron chi connectivity index (χ1n) is 5.19. The summed E-state index contributed by atoms with van der Waals surface area (Å²) in [6.07, 6.45) is 0.897. The summed E-state index contributed by atoms with van der Waals surface area (Å²) >= 11 is 0. The normalized spacial score (nSPS) is 13.3. The molecule has 0 rings (SSSR count). The van der Waals surface area contributed by atoms with Crippen molar-refractivity contribution in [2.45, 2.75) is 27.2 Å². The van der Waals surface area contributed by atoms with E-state index >= 15 is 0 Å². The Morgan fingerprint density at radius 2 is 1.80 bits per heavy atom. The Hall–Kier alpha value is 0.160. The summed E-state index contributed by atoms with van der Waals surface area (Å²) in [5.74, 6) is 0.460. The maximum Gasteiger partial charge on any atom is 0.211 e.